The van der Waals surface area contributed by atoms with Gasteiger partial charge in [-0.3, -0.25) is 0 Å². The maximum Gasteiger partial charge on any atom is 1.00 e. The van der Waals surface area contributed by atoms with Crippen LogP contribution in [0.15, 0.2) is 30.3 Å². The van der Waals surface area contributed by atoms with Crippen LogP contribution < -0.4 is 40.0 Å². The third-order valence-electron chi connectivity index (χ3n) is 3.03. The van der Waals surface area contributed by atoms with E-state index in [0.717, 1.165) is 0 Å². The average Bonchev–Trinajstić information content (AvgIpc) is 2.44. The summed E-state index contributed by atoms with van der Waals surface area (Å²) < 4.78 is 32.1. The molecule has 1 amide bonds. The summed E-state index contributed by atoms with van der Waals surface area (Å²) in [6.07, 6.45) is -3.95. The number of alkyl halides is 2. The van der Waals surface area contributed by atoms with E-state index in [9.17, 15) is 28.6 Å². The average molecular weight is 367 g/mol. The van der Waals surface area contributed by atoms with Gasteiger partial charge in [0, 0.05) is 0 Å². The fraction of sp³-hybridized carbons (Fsp3) is 0.500. The number of carbonyl (C=O) groups is 2. The van der Waals surface area contributed by atoms with Gasteiger partial charge in [-0.1, -0.05) is 30.3 Å². The molecule has 2 atom stereocenters. The molecule has 25 heavy (non-hydrogen) atoms. The van der Waals surface area contributed by atoms with Crippen molar-refractivity contribution in [3.63, 3.8) is 0 Å². The van der Waals surface area contributed by atoms with E-state index in [0.29, 0.717) is 5.56 Å². The van der Waals surface area contributed by atoms with E-state index in [1.165, 1.54) is 0 Å². The smallest absolute Gasteiger partial charge is 0.544 e. The van der Waals surface area contributed by atoms with Crippen LogP contribution in [0.3, 0.4) is 0 Å². The Morgan fingerprint density at radius 3 is 2.20 bits per heavy atom. The van der Waals surface area contributed by atoms with Gasteiger partial charge in [0.15, 0.2) is 0 Å². The van der Waals surface area contributed by atoms with E-state index >= 15 is 0 Å². The second kappa shape index (κ2) is 9.47. The summed E-state index contributed by atoms with van der Waals surface area (Å²) in [4.78, 5) is 22.4. The Labute approximate surface area is 166 Å². The van der Waals surface area contributed by atoms with Gasteiger partial charge in [0.05, 0.1) is 6.04 Å². The number of benzene rings is 1. The Bertz CT molecular complexity index is 578. The predicted octanol–water partition coefficient (Wildman–Crippen LogP) is -2.13. The number of carboxylic acids is 1. The van der Waals surface area contributed by atoms with Crippen LogP contribution in [0.25, 0.3) is 0 Å². The summed E-state index contributed by atoms with van der Waals surface area (Å²) in [7, 11) is 0. The molecule has 0 bridgehead atoms. The normalized spacial score (nSPS) is 14.0. The molecule has 0 heterocycles. The molecule has 0 aliphatic rings. The molecular weight excluding hydrogens is 347 g/mol. The topological polar surface area (TPSA) is 98.7 Å². The first-order valence-corrected chi connectivity index (χ1v) is 7.24. The van der Waals surface area contributed by atoms with Crippen LogP contribution in [0.1, 0.15) is 26.3 Å². The van der Waals surface area contributed by atoms with E-state index < -0.39 is 35.7 Å². The molecule has 0 spiro atoms. The number of alkyl carbamates (subject to hydrolysis) is 1. The Balaban J connectivity index is 0.00000576. The van der Waals surface area contributed by atoms with Crippen molar-refractivity contribution in [3.8, 4) is 0 Å². The van der Waals surface area contributed by atoms with E-state index in [4.69, 9.17) is 4.74 Å². The van der Waals surface area contributed by atoms with Crippen LogP contribution in [-0.2, 0) is 16.0 Å². The first-order chi connectivity index (χ1) is 10.9. The minimum atomic E-state index is -4.53. The summed E-state index contributed by atoms with van der Waals surface area (Å²) >= 11 is 0. The van der Waals surface area contributed by atoms with E-state index in [2.05, 4.69) is 5.32 Å². The zero-order valence-corrected chi connectivity index (χ0v) is 16.6. The maximum atomic E-state index is 13.6. The number of hydrogen-bond donors (Lipinski definition) is 2. The quantitative estimate of drug-likeness (QED) is 0.560. The van der Waals surface area contributed by atoms with Crippen LogP contribution >= 0.6 is 0 Å². The van der Waals surface area contributed by atoms with Gasteiger partial charge in [0.2, 0.25) is 0 Å². The first-order valence-electron chi connectivity index (χ1n) is 7.24. The van der Waals surface area contributed by atoms with Gasteiger partial charge in [0.25, 0.3) is 0 Å². The molecule has 0 aliphatic heterocycles. The van der Waals surface area contributed by atoms with Crippen LogP contribution in [0.2, 0.25) is 0 Å². The Morgan fingerprint density at radius 1 is 1.24 bits per heavy atom. The van der Waals surface area contributed by atoms with Crippen molar-refractivity contribution in [3.05, 3.63) is 35.9 Å². The molecule has 134 valence electrons. The molecule has 2 N–H and O–H groups in total. The van der Waals surface area contributed by atoms with E-state index in [1.54, 1.807) is 51.1 Å². The number of carbonyl (C=O) groups excluding carboxylic acids is 2. The number of ether oxygens (including phenoxy) is 1. The van der Waals surface area contributed by atoms with Gasteiger partial charge in [-0.25, -0.2) is 4.79 Å². The van der Waals surface area contributed by atoms with Crippen LogP contribution in [-0.4, -0.2) is 40.8 Å². The number of halogens is 2. The standard InChI is InChI=1S/C16H21F2NO5.Na/c1-15(2,3)24-14(23)19-11(9-10-7-5-4-6-8-10)12(20)16(17,18)13(21)22;/h4-8,11-12,20H,9H2,1-3H3,(H,19,23)(H,21,22);/q;+1/p-1/t11-,12+;/m0./s1. The molecule has 0 saturated heterocycles. The molecule has 0 unspecified atom stereocenters. The molecule has 6 nitrogen and oxygen atoms in total. The third-order valence-corrected chi connectivity index (χ3v) is 3.03. The Hall–Kier alpha value is -1.22. The molecule has 0 aliphatic carbocycles. The zero-order chi connectivity index (χ0) is 18.5. The summed E-state index contributed by atoms with van der Waals surface area (Å²) in [5.41, 5.74) is -0.366. The fourth-order valence-corrected chi connectivity index (χ4v) is 1.94. The summed E-state index contributed by atoms with van der Waals surface area (Å²) in [5.74, 6) is -7.26. The predicted molar refractivity (Wildman–Crippen MR) is 79.3 cm³/mol. The van der Waals surface area contributed by atoms with Gasteiger partial charge in [-0.05, 0) is 32.8 Å². The molecule has 1 rings (SSSR count). The molecule has 0 saturated carbocycles. The summed E-state index contributed by atoms with van der Waals surface area (Å²) in [5, 5.41) is 22.4. The number of hydrogen-bond acceptors (Lipinski definition) is 5. The molecule has 1 aromatic carbocycles. The molecule has 0 fully saturated rings. The maximum absolute atomic E-state index is 13.6. The minimum absolute atomic E-state index is 0. The van der Waals surface area contributed by atoms with Crippen molar-refractivity contribution in [1.82, 2.24) is 5.32 Å². The zero-order valence-electron chi connectivity index (χ0n) is 14.6. The van der Waals surface area contributed by atoms with Gasteiger partial charge in [-0.15, -0.1) is 0 Å². The first kappa shape index (κ1) is 23.8. The molecule has 1 aromatic rings. The van der Waals surface area contributed by atoms with Crippen molar-refractivity contribution in [2.75, 3.05) is 0 Å². The second-order valence-electron chi connectivity index (χ2n) is 6.30. The third kappa shape index (κ3) is 7.68. The molecule has 0 aromatic heterocycles. The largest absolute Gasteiger partial charge is 1.00 e. The van der Waals surface area contributed by atoms with Crippen LogP contribution in [0.5, 0.6) is 0 Å². The molecule has 0 radical (unpaired) electrons. The number of amides is 1. The van der Waals surface area contributed by atoms with Crippen molar-refractivity contribution in [2.24, 2.45) is 0 Å². The fourth-order valence-electron chi connectivity index (χ4n) is 1.94. The monoisotopic (exact) mass is 367 g/mol. The van der Waals surface area contributed by atoms with Gasteiger partial charge < -0.3 is 25.1 Å². The van der Waals surface area contributed by atoms with Gasteiger partial charge in [0.1, 0.15) is 17.7 Å². The van der Waals surface area contributed by atoms with Crippen LogP contribution in [0.4, 0.5) is 13.6 Å². The van der Waals surface area contributed by atoms with Crippen molar-refractivity contribution < 1.29 is 62.9 Å². The number of aliphatic hydroxyl groups excluding tert-OH is 1. The van der Waals surface area contributed by atoms with Crippen molar-refractivity contribution >= 4 is 12.1 Å². The van der Waals surface area contributed by atoms with E-state index in [-0.39, 0.29) is 36.0 Å². The number of carboxylic acid groups (broad SMARTS) is 1. The second-order valence-corrected chi connectivity index (χ2v) is 6.30. The molecule has 9 heteroatoms. The minimum Gasteiger partial charge on any atom is -0.544 e. The number of rotatable bonds is 6. The number of nitrogens with one attached hydrogen (secondary N) is 1. The van der Waals surface area contributed by atoms with Gasteiger partial charge in [-0.2, -0.15) is 8.78 Å². The number of aliphatic carboxylic acids is 1. The SMILES string of the molecule is CC(C)(C)OC(=O)N[C@@H](Cc1ccccc1)[C@@H](O)C(F)(F)C(=O)[O-].[Na+]. The number of aliphatic hydroxyl groups is 1. The van der Waals surface area contributed by atoms with E-state index in [1.807, 2.05) is 0 Å². The van der Waals surface area contributed by atoms with Crippen molar-refractivity contribution in [2.45, 2.75) is 50.9 Å². The van der Waals surface area contributed by atoms with Gasteiger partial charge >= 0.3 is 41.6 Å². The van der Waals surface area contributed by atoms with Crippen LogP contribution in [0, 0.1) is 0 Å². The molecular formula is C16H20F2NNaO5. The van der Waals surface area contributed by atoms with Crippen molar-refractivity contribution in [1.29, 1.82) is 0 Å². The summed E-state index contributed by atoms with van der Waals surface area (Å²) in [6, 6.07) is 6.58. The Kier molecular flexibility index (Phi) is 9.01. The Morgan fingerprint density at radius 2 is 1.76 bits per heavy atom. The summed E-state index contributed by atoms with van der Waals surface area (Å²) in [6.45, 7) is 4.72.